The molecule has 0 aliphatic carbocycles. The largest absolute Gasteiger partial charge is 0.573 e. The Bertz CT molecular complexity index is 1010. The average Bonchev–Trinajstić information content (AvgIpc) is 2.67. The van der Waals surface area contributed by atoms with Crippen molar-refractivity contribution in [2.24, 2.45) is 0 Å². The number of aliphatic hydroxyl groups is 1. The van der Waals surface area contributed by atoms with Crippen molar-refractivity contribution in [1.82, 2.24) is 10.3 Å². The number of aliphatic hydroxyl groups excluding tert-OH is 1. The number of alkyl halides is 3. The van der Waals surface area contributed by atoms with Crippen LogP contribution in [-0.4, -0.2) is 57.1 Å². The number of hydrogen-bond donors (Lipinski definition) is 3. The van der Waals surface area contributed by atoms with Gasteiger partial charge in [-0.3, -0.25) is 4.79 Å². The first-order valence-electron chi connectivity index (χ1n) is 8.75. The highest BCUT2D eigenvalue weighted by atomic mass is 32.2. The van der Waals surface area contributed by atoms with E-state index in [-0.39, 0.29) is 40.7 Å². The number of benzene rings is 1. The summed E-state index contributed by atoms with van der Waals surface area (Å²) in [7, 11) is -2.73. The van der Waals surface area contributed by atoms with Gasteiger partial charge in [-0.15, -0.1) is 13.2 Å². The van der Waals surface area contributed by atoms with Crippen LogP contribution < -0.4 is 15.8 Å². The van der Waals surface area contributed by atoms with Gasteiger partial charge in [0, 0.05) is 19.9 Å². The maximum atomic E-state index is 12.7. The van der Waals surface area contributed by atoms with E-state index in [1.165, 1.54) is 7.11 Å². The van der Waals surface area contributed by atoms with E-state index in [1.54, 1.807) is 0 Å². The van der Waals surface area contributed by atoms with Gasteiger partial charge in [-0.25, -0.2) is 13.4 Å². The highest BCUT2D eigenvalue weighted by molar-refractivity contribution is 7.91. The molecule has 0 spiro atoms. The predicted octanol–water partition coefficient (Wildman–Crippen LogP) is 1.52. The minimum Gasteiger partial charge on any atom is -0.406 e. The number of nitrogens with one attached hydrogen (secondary N) is 1. The second-order valence-corrected chi connectivity index (χ2v) is 8.23. The summed E-state index contributed by atoms with van der Waals surface area (Å²) in [4.78, 5) is 15.3. The highest BCUT2D eigenvalue weighted by Crippen LogP contribution is 2.27. The second-order valence-electron chi connectivity index (χ2n) is 6.29. The topological polar surface area (TPSA) is 141 Å². The Morgan fingerprint density at radius 2 is 1.90 bits per heavy atom. The van der Waals surface area contributed by atoms with E-state index in [1.807, 2.05) is 0 Å². The Hall–Kier alpha value is -2.90. The number of carbonyl (C=O) groups excluding carboxylic acids is 1. The molecule has 2 rings (SSSR count). The van der Waals surface area contributed by atoms with Crippen molar-refractivity contribution in [3.8, 4) is 5.75 Å². The van der Waals surface area contributed by atoms with Crippen molar-refractivity contribution in [3.05, 3.63) is 42.2 Å². The number of nitrogens with two attached hydrogens (primary N) is 1. The number of amides is 1. The van der Waals surface area contributed by atoms with Crippen LogP contribution in [0.3, 0.4) is 0 Å². The molecule has 0 bridgehead atoms. The zero-order chi connectivity index (χ0) is 23.2. The molecular formula is C18H20F3N3O6S. The molecule has 0 aliphatic rings. The van der Waals surface area contributed by atoms with Crippen LogP contribution >= 0.6 is 0 Å². The number of rotatable bonds is 9. The Kier molecular flexibility index (Phi) is 7.81. The second kappa shape index (κ2) is 9.94. The van der Waals surface area contributed by atoms with Crippen LogP contribution in [0, 0.1) is 0 Å². The summed E-state index contributed by atoms with van der Waals surface area (Å²) in [5, 5.41) is 12.0. The zero-order valence-corrected chi connectivity index (χ0v) is 17.0. The fraction of sp³-hybridized carbons (Fsp3) is 0.333. The maximum absolute atomic E-state index is 12.7. The molecule has 1 amide bonds. The molecule has 0 saturated carbocycles. The number of ether oxygens (including phenoxy) is 2. The summed E-state index contributed by atoms with van der Waals surface area (Å²) >= 11 is 0. The van der Waals surface area contributed by atoms with Gasteiger partial charge < -0.3 is 25.6 Å². The van der Waals surface area contributed by atoms with E-state index in [4.69, 9.17) is 10.5 Å². The summed E-state index contributed by atoms with van der Waals surface area (Å²) in [6, 6.07) is 4.63. The van der Waals surface area contributed by atoms with Crippen LogP contribution in [0.2, 0.25) is 0 Å². The molecule has 1 aromatic heterocycles. The van der Waals surface area contributed by atoms with Crippen LogP contribution in [0.5, 0.6) is 5.75 Å². The number of methoxy groups -OCH3 is 1. The number of aromatic nitrogens is 1. The molecule has 0 aliphatic heterocycles. The Labute approximate surface area is 175 Å². The van der Waals surface area contributed by atoms with Gasteiger partial charge in [0.1, 0.15) is 5.75 Å². The van der Waals surface area contributed by atoms with Crippen molar-refractivity contribution in [1.29, 1.82) is 0 Å². The number of halogens is 3. The van der Waals surface area contributed by atoms with Crippen molar-refractivity contribution >= 4 is 21.4 Å². The third-order valence-electron chi connectivity index (χ3n) is 3.91. The molecule has 1 atom stereocenters. The minimum absolute atomic E-state index is 0.103. The number of anilines is 1. The lowest BCUT2D eigenvalue weighted by molar-refractivity contribution is -0.274. The first kappa shape index (κ1) is 24.4. The van der Waals surface area contributed by atoms with Crippen LogP contribution in [0.15, 0.2) is 46.3 Å². The first-order chi connectivity index (χ1) is 14.4. The normalized spacial score (nSPS) is 12.9. The van der Waals surface area contributed by atoms with Crippen LogP contribution in [0.25, 0.3) is 0 Å². The molecule has 9 nitrogen and oxygen atoms in total. The fourth-order valence-corrected chi connectivity index (χ4v) is 3.71. The summed E-state index contributed by atoms with van der Waals surface area (Å²) in [5.74, 6) is -1.24. The monoisotopic (exact) mass is 463 g/mol. The summed E-state index contributed by atoms with van der Waals surface area (Å²) < 4.78 is 70.5. The quantitative estimate of drug-likeness (QED) is 0.508. The summed E-state index contributed by atoms with van der Waals surface area (Å²) in [6.45, 7) is 0.211. The van der Waals surface area contributed by atoms with E-state index >= 15 is 0 Å². The van der Waals surface area contributed by atoms with Crippen molar-refractivity contribution < 1.29 is 41.0 Å². The number of nitrogens with zero attached hydrogens (tertiary/aromatic N) is 1. The van der Waals surface area contributed by atoms with Gasteiger partial charge in [-0.05, 0) is 36.8 Å². The van der Waals surface area contributed by atoms with Gasteiger partial charge in [0.25, 0.3) is 5.91 Å². The van der Waals surface area contributed by atoms with Crippen molar-refractivity contribution in [3.63, 3.8) is 0 Å². The molecular weight excluding hydrogens is 443 g/mol. The smallest absolute Gasteiger partial charge is 0.406 e. The molecule has 2 aromatic rings. The van der Waals surface area contributed by atoms with E-state index in [2.05, 4.69) is 15.0 Å². The summed E-state index contributed by atoms with van der Waals surface area (Å²) in [6.07, 6.45) is -4.53. The molecule has 1 heterocycles. The van der Waals surface area contributed by atoms with Gasteiger partial charge in [-0.1, -0.05) is 0 Å². The predicted molar refractivity (Wildman–Crippen MR) is 102 cm³/mol. The molecule has 170 valence electrons. The third-order valence-corrected chi connectivity index (χ3v) is 5.64. The van der Waals surface area contributed by atoms with Gasteiger partial charge >= 0.3 is 6.36 Å². The molecule has 0 radical (unpaired) electrons. The Morgan fingerprint density at radius 1 is 1.26 bits per heavy atom. The molecule has 1 unspecified atom stereocenters. The van der Waals surface area contributed by atoms with Gasteiger partial charge in [0.05, 0.1) is 28.2 Å². The van der Waals surface area contributed by atoms with E-state index in [9.17, 15) is 31.5 Å². The number of pyridine rings is 1. The molecule has 13 heteroatoms. The van der Waals surface area contributed by atoms with Crippen LogP contribution in [0.4, 0.5) is 18.9 Å². The lowest BCUT2D eigenvalue weighted by Gasteiger charge is -2.12. The molecule has 1 aromatic carbocycles. The van der Waals surface area contributed by atoms with Gasteiger partial charge in [-0.2, -0.15) is 0 Å². The number of sulfone groups is 1. The van der Waals surface area contributed by atoms with Crippen molar-refractivity contribution in [2.45, 2.75) is 28.7 Å². The van der Waals surface area contributed by atoms with Crippen LogP contribution in [0.1, 0.15) is 16.9 Å². The Morgan fingerprint density at radius 3 is 2.45 bits per heavy atom. The Balaban J connectivity index is 2.13. The summed E-state index contributed by atoms with van der Waals surface area (Å²) in [5.41, 5.74) is 5.34. The highest BCUT2D eigenvalue weighted by Gasteiger charge is 2.31. The number of carbonyl (C=O) groups is 1. The van der Waals surface area contributed by atoms with Gasteiger partial charge in [0.15, 0.2) is 5.69 Å². The SMILES string of the molecule is COCC(O)CCNC(=O)c1ncc(S(=O)(=O)c2ccc(OC(F)(F)F)cc2)cc1N. The fourth-order valence-electron chi connectivity index (χ4n) is 2.47. The zero-order valence-electron chi connectivity index (χ0n) is 16.2. The van der Waals surface area contributed by atoms with Gasteiger partial charge in [0.2, 0.25) is 9.84 Å². The average molecular weight is 463 g/mol. The molecule has 0 saturated heterocycles. The third kappa shape index (κ3) is 6.80. The van der Waals surface area contributed by atoms with E-state index in [0.29, 0.717) is 0 Å². The van der Waals surface area contributed by atoms with E-state index < -0.39 is 34.0 Å². The molecule has 31 heavy (non-hydrogen) atoms. The standard InChI is InChI=1S/C18H20F3N3O6S/c1-29-10-11(25)6-7-23-17(26)16-15(22)8-14(9-24-16)31(27,28)13-4-2-12(3-5-13)30-18(19,20)21/h2-5,8-9,11,25H,6-7,10,22H2,1H3,(H,23,26). The molecule has 0 fully saturated rings. The maximum Gasteiger partial charge on any atom is 0.573 e. The minimum atomic E-state index is -4.91. The van der Waals surface area contributed by atoms with E-state index in [0.717, 1.165) is 36.5 Å². The molecule has 4 N–H and O–H groups in total. The number of hydrogen-bond acceptors (Lipinski definition) is 8. The van der Waals surface area contributed by atoms with Crippen LogP contribution in [-0.2, 0) is 14.6 Å². The van der Waals surface area contributed by atoms with Crippen molar-refractivity contribution in [2.75, 3.05) is 26.0 Å². The lowest BCUT2D eigenvalue weighted by atomic mass is 10.2. The first-order valence-corrected chi connectivity index (χ1v) is 10.2. The number of nitrogen functional groups attached to an aromatic ring is 1. The lowest BCUT2D eigenvalue weighted by Crippen LogP contribution is -2.29.